The maximum absolute atomic E-state index is 11.4. The van der Waals surface area contributed by atoms with Crippen LogP contribution in [0.3, 0.4) is 0 Å². The lowest BCUT2D eigenvalue weighted by molar-refractivity contribution is -0.145. The number of hydrogen-bond donors (Lipinski definition) is 2. The van der Waals surface area contributed by atoms with Crippen molar-refractivity contribution in [2.24, 2.45) is 0 Å². The Morgan fingerprint density at radius 1 is 1.42 bits per heavy atom. The minimum Gasteiger partial charge on any atom is -0.480 e. The van der Waals surface area contributed by atoms with E-state index in [1.165, 1.54) is 0 Å². The zero-order chi connectivity index (χ0) is 15.1. The molecule has 0 aliphatic rings. The zero-order valence-electron chi connectivity index (χ0n) is 13.2. The smallest absolute Gasteiger partial charge is 0.323 e. The third kappa shape index (κ3) is 6.89. The van der Waals surface area contributed by atoms with Crippen molar-refractivity contribution in [3.63, 3.8) is 0 Å². The fraction of sp³-hybridized carbons (Fsp3) is 0.929. The molecule has 19 heavy (non-hydrogen) atoms. The Bertz CT molecular complexity index is 271. The highest BCUT2D eigenvalue weighted by molar-refractivity contribution is 5.78. The fourth-order valence-corrected chi connectivity index (χ4v) is 2.02. The number of ether oxygens (including phenoxy) is 1. The van der Waals surface area contributed by atoms with Crippen LogP contribution in [0.15, 0.2) is 0 Å². The summed E-state index contributed by atoms with van der Waals surface area (Å²) in [4.78, 5) is 13.5. The second-order valence-corrected chi connectivity index (χ2v) is 5.62. The lowest BCUT2D eigenvalue weighted by Gasteiger charge is -2.33. The van der Waals surface area contributed by atoms with Crippen molar-refractivity contribution >= 4 is 5.97 Å². The highest BCUT2D eigenvalue weighted by Gasteiger charge is 2.34. The van der Waals surface area contributed by atoms with E-state index in [-0.39, 0.29) is 12.1 Å². The molecule has 0 aromatic rings. The van der Waals surface area contributed by atoms with Crippen LogP contribution >= 0.6 is 0 Å². The van der Waals surface area contributed by atoms with Crippen LogP contribution in [0, 0.1) is 0 Å². The average Bonchev–Trinajstić information content (AvgIpc) is 2.28. The predicted molar refractivity (Wildman–Crippen MR) is 77.5 cm³/mol. The average molecular weight is 274 g/mol. The molecule has 0 amide bonds. The predicted octanol–water partition coefficient (Wildman–Crippen LogP) is 1.57. The third-order valence-electron chi connectivity index (χ3n) is 3.39. The quantitative estimate of drug-likeness (QED) is 0.633. The molecule has 0 saturated heterocycles. The van der Waals surface area contributed by atoms with E-state index in [0.717, 1.165) is 6.54 Å². The van der Waals surface area contributed by atoms with Gasteiger partial charge in [0.1, 0.15) is 5.54 Å². The Kier molecular flexibility index (Phi) is 8.22. The topological polar surface area (TPSA) is 61.8 Å². The minimum absolute atomic E-state index is 0.177. The largest absolute Gasteiger partial charge is 0.480 e. The molecular weight excluding hydrogens is 244 g/mol. The molecule has 0 saturated carbocycles. The number of nitrogens with zero attached hydrogens (tertiary/aromatic N) is 1. The molecule has 5 nitrogen and oxygen atoms in total. The Labute approximate surface area is 117 Å². The van der Waals surface area contributed by atoms with E-state index in [0.29, 0.717) is 19.6 Å². The first-order valence-electron chi connectivity index (χ1n) is 7.03. The Morgan fingerprint density at radius 2 is 2.00 bits per heavy atom. The number of carbonyl (C=O) groups is 1. The van der Waals surface area contributed by atoms with Gasteiger partial charge in [-0.15, -0.1) is 0 Å². The summed E-state index contributed by atoms with van der Waals surface area (Å²) in [6.45, 7) is 11.9. The fourth-order valence-electron chi connectivity index (χ4n) is 2.02. The second kappa shape index (κ2) is 8.51. The molecule has 0 fully saturated rings. The molecule has 5 heteroatoms. The van der Waals surface area contributed by atoms with Gasteiger partial charge in [0.15, 0.2) is 0 Å². The van der Waals surface area contributed by atoms with E-state index in [1.807, 2.05) is 34.7 Å². The van der Waals surface area contributed by atoms with E-state index in [1.54, 1.807) is 6.92 Å². The summed E-state index contributed by atoms with van der Waals surface area (Å²) < 4.78 is 5.51. The van der Waals surface area contributed by atoms with Crippen molar-refractivity contribution in [1.82, 2.24) is 10.2 Å². The van der Waals surface area contributed by atoms with Crippen molar-refractivity contribution in [3.8, 4) is 0 Å². The first kappa shape index (κ1) is 18.4. The van der Waals surface area contributed by atoms with Crippen molar-refractivity contribution in [1.29, 1.82) is 0 Å². The van der Waals surface area contributed by atoms with Gasteiger partial charge in [-0.1, -0.05) is 6.92 Å². The molecule has 114 valence electrons. The number of nitrogens with one attached hydrogen (secondary N) is 1. The highest BCUT2D eigenvalue weighted by Crippen LogP contribution is 2.16. The number of hydrogen-bond acceptors (Lipinski definition) is 4. The van der Waals surface area contributed by atoms with Crippen LogP contribution in [-0.2, 0) is 9.53 Å². The van der Waals surface area contributed by atoms with Crippen molar-refractivity contribution in [2.45, 2.75) is 58.7 Å². The van der Waals surface area contributed by atoms with Gasteiger partial charge in [-0.25, -0.2) is 0 Å². The first-order valence-corrected chi connectivity index (χ1v) is 7.03. The molecule has 0 aromatic heterocycles. The molecule has 0 aromatic carbocycles. The van der Waals surface area contributed by atoms with E-state index >= 15 is 0 Å². The van der Waals surface area contributed by atoms with Crippen LogP contribution in [0.2, 0.25) is 0 Å². The van der Waals surface area contributed by atoms with Crippen LogP contribution in [0.4, 0.5) is 0 Å². The lowest BCUT2D eigenvalue weighted by Crippen LogP contribution is -2.53. The van der Waals surface area contributed by atoms with Crippen LogP contribution in [0.5, 0.6) is 0 Å². The Morgan fingerprint density at radius 3 is 2.42 bits per heavy atom. The summed E-state index contributed by atoms with van der Waals surface area (Å²) in [6, 6.07) is 0.177. The normalized spacial score (nSPS) is 16.6. The minimum atomic E-state index is -0.874. The molecule has 0 rings (SSSR count). The first-order chi connectivity index (χ1) is 8.73. The van der Waals surface area contributed by atoms with Crippen LogP contribution in [0.25, 0.3) is 0 Å². The van der Waals surface area contributed by atoms with Gasteiger partial charge in [0, 0.05) is 12.6 Å². The summed E-state index contributed by atoms with van der Waals surface area (Å²) in [5.74, 6) is -0.798. The van der Waals surface area contributed by atoms with Gasteiger partial charge < -0.3 is 20.1 Å². The third-order valence-corrected chi connectivity index (χ3v) is 3.39. The lowest BCUT2D eigenvalue weighted by atomic mass is 9.93. The molecule has 0 spiro atoms. The van der Waals surface area contributed by atoms with Gasteiger partial charge in [0.25, 0.3) is 0 Å². The van der Waals surface area contributed by atoms with Gasteiger partial charge in [0.05, 0.1) is 12.7 Å². The number of rotatable bonds is 10. The number of likely N-dealkylation sites (N-methyl/N-ethyl adjacent to an activating group) is 2. The molecule has 2 unspecified atom stereocenters. The summed E-state index contributed by atoms with van der Waals surface area (Å²) in [5.41, 5.74) is -0.874. The van der Waals surface area contributed by atoms with Gasteiger partial charge in [-0.2, -0.15) is 0 Å². The van der Waals surface area contributed by atoms with Gasteiger partial charge >= 0.3 is 5.97 Å². The molecule has 2 atom stereocenters. The molecular formula is C14H30N2O3. The Balaban J connectivity index is 4.31. The maximum atomic E-state index is 11.4. The number of carboxylic acid groups (broad SMARTS) is 1. The summed E-state index contributed by atoms with van der Waals surface area (Å²) in [6.07, 6.45) is 0.795. The van der Waals surface area contributed by atoms with Crippen molar-refractivity contribution in [2.75, 3.05) is 26.7 Å². The zero-order valence-corrected chi connectivity index (χ0v) is 13.2. The number of aliphatic carboxylic acids is 1. The molecule has 2 N–H and O–H groups in total. The highest BCUT2D eigenvalue weighted by atomic mass is 16.5. The molecule has 0 aliphatic carbocycles. The van der Waals surface area contributed by atoms with Crippen molar-refractivity contribution < 1.29 is 14.6 Å². The molecule has 0 radical (unpaired) electrons. The molecule has 0 heterocycles. The number of carboxylic acids is 1. The molecule has 0 bridgehead atoms. The van der Waals surface area contributed by atoms with Crippen LogP contribution in [0.1, 0.15) is 41.0 Å². The Hall–Kier alpha value is -0.650. The van der Waals surface area contributed by atoms with Crippen molar-refractivity contribution in [3.05, 3.63) is 0 Å². The SMILES string of the molecule is CCNC(C)(CC(C)N(C)CCOC(C)C)C(=O)O. The van der Waals surface area contributed by atoms with Gasteiger partial charge in [-0.3, -0.25) is 4.79 Å². The maximum Gasteiger partial charge on any atom is 0.323 e. The summed E-state index contributed by atoms with van der Waals surface area (Å²) in [5, 5.41) is 12.4. The monoisotopic (exact) mass is 274 g/mol. The van der Waals surface area contributed by atoms with E-state index in [9.17, 15) is 9.90 Å². The van der Waals surface area contributed by atoms with Crippen LogP contribution < -0.4 is 5.32 Å². The van der Waals surface area contributed by atoms with E-state index in [2.05, 4.69) is 10.2 Å². The standard InChI is InChI=1S/C14H30N2O3/c1-7-15-14(5,13(17)18)10-12(4)16(6)8-9-19-11(2)3/h11-12,15H,7-10H2,1-6H3,(H,17,18). The van der Waals surface area contributed by atoms with E-state index in [4.69, 9.17) is 4.74 Å². The summed E-state index contributed by atoms with van der Waals surface area (Å²) in [7, 11) is 2.00. The summed E-state index contributed by atoms with van der Waals surface area (Å²) >= 11 is 0. The van der Waals surface area contributed by atoms with Gasteiger partial charge in [0.2, 0.25) is 0 Å². The van der Waals surface area contributed by atoms with Crippen LogP contribution in [-0.4, -0.2) is 60.4 Å². The molecule has 0 aliphatic heterocycles. The van der Waals surface area contributed by atoms with E-state index < -0.39 is 11.5 Å². The second-order valence-electron chi connectivity index (χ2n) is 5.62. The van der Waals surface area contributed by atoms with Gasteiger partial charge in [-0.05, 0) is 47.7 Å².